The van der Waals surface area contributed by atoms with E-state index in [0.717, 1.165) is 38.5 Å². The fourth-order valence-electron chi connectivity index (χ4n) is 8.70. The van der Waals surface area contributed by atoms with Crippen LogP contribution in [-0.4, -0.2) is 47.4 Å². The Labute approximate surface area is 375 Å². The maximum absolute atomic E-state index is 12.4. The van der Waals surface area contributed by atoms with Gasteiger partial charge < -0.3 is 20.3 Å². The Bertz CT molecular complexity index is 852. The van der Waals surface area contributed by atoms with Gasteiger partial charge in [0.1, 0.15) is 0 Å². The average Bonchev–Trinajstić information content (AvgIpc) is 3.25. The molecule has 0 aromatic carbocycles. The summed E-state index contributed by atoms with van der Waals surface area (Å²) in [4.78, 5) is 24.5. The van der Waals surface area contributed by atoms with Crippen LogP contribution in [0.25, 0.3) is 0 Å². The first kappa shape index (κ1) is 58.9. The van der Waals surface area contributed by atoms with Crippen LogP contribution in [0.5, 0.6) is 0 Å². The number of amides is 1. The number of hydrogen-bond acceptors (Lipinski definition) is 5. The highest BCUT2D eigenvalue weighted by Gasteiger charge is 2.20. The molecule has 0 spiro atoms. The molecule has 0 aromatic rings. The van der Waals surface area contributed by atoms with Crippen LogP contribution in [0.4, 0.5) is 0 Å². The molecule has 3 N–H and O–H groups in total. The number of carbonyl (C=O) groups excluding carboxylic acids is 2. The number of aliphatic hydroxyl groups excluding tert-OH is 2. The van der Waals surface area contributed by atoms with Crippen LogP contribution in [0.3, 0.4) is 0 Å². The van der Waals surface area contributed by atoms with Gasteiger partial charge >= 0.3 is 5.97 Å². The van der Waals surface area contributed by atoms with Gasteiger partial charge in [0.2, 0.25) is 5.91 Å². The lowest BCUT2D eigenvalue weighted by Gasteiger charge is -2.22. The van der Waals surface area contributed by atoms with Gasteiger partial charge in [-0.3, -0.25) is 9.59 Å². The molecule has 2 atom stereocenters. The topological polar surface area (TPSA) is 95.9 Å². The van der Waals surface area contributed by atoms with E-state index in [4.69, 9.17) is 4.74 Å². The highest BCUT2D eigenvalue weighted by molar-refractivity contribution is 5.76. The average molecular weight is 850 g/mol. The third-order valence-corrected chi connectivity index (χ3v) is 12.9. The van der Waals surface area contributed by atoms with Crippen molar-refractivity contribution in [2.75, 3.05) is 13.2 Å². The Hall–Kier alpha value is -1.14. The van der Waals surface area contributed by atoms with Crippen molar-refractivity contribution in [2.45, 2.75) is 321 Å². The van der Waals surface area contributed by atoms with Crippen molar-refractivity contribution in [2.24, 2.45) is 0 Å². The summed E-state index contributed by atoms with van der Waals surface area (Å²) in [6.45, 7) is 4.95. The van der Waals surface area contributed by atoms with Gasteiger partial charge in [-0.05, 0) is 25.7 Å². The molecule has 0 rings (SSSR count). The lowest BCUT2D eigenvalue weighted by Crippen LogP contribution is -2.45. The van der Waals surface area contributed by atoms with Crippen LogP contribution in [0.2, 0.25) is 0 Å². The van der Waals surface area contributed by atoms with Crippen molar-refractivity contribution in [3.05, 3.63) is 0 Å². The van der Waals surface area contributed by atoms with Gasteiger partial charge in [-0.2, -0.15) is 0 Å². The molecule has 2 unspecified atom stereocenters. The smallest absolute Gasteiger partial charge is 0.305 e. The van der Waals surface area contributed by atoms with E-state index in [-0.39, 0.29) is 18.5 Å². The van der Waals surface area contributed by atoms with Crippen molar-refractivity contribution >= 4 is 11.9 Å². The molecule has 0 saturated heterocycles. The summed E-state index contributed by atoms with van der Waals surface area (Å²) in [5, 5.41) is 23.2. The van der Waals surface area contributed by atoms with E-state index >= 15 is 0 Å². The van der Waals surface area contributed by atoms with Crippen molar-refractivity contribution in [3.8, 4) is 0 Å². The summed E-state index contributed by atoms with van der Waals surface area (Å²) >= 11 is 0. The molecule has 6 nitrogen and oxygen atoms in total. The summed E-state index contributed by atoms with van der Waals surface area (Å²) in [6.07, 6.45) is 56.5. The van der Waals surface area contributed by atoms with E-state index in [1.54, 1.807) is 0 Å². The number of ether oxygens (including phenoxy) is 1. The number of aliphatic hydroxyl groups is 2. The van der Waals surface area contributed by atoms with Crippen molar-refractivity contribution in [1.82, 2.24) is 5.32 Å². The van der Waals surface area contributed by atoms with Crippen molar-refractivity contribution in [1.29, 1.82) is 0 Å². The van der Waals surface area contributed by atoms with Gasteiger partial charge in [0, 0.05) is 12.8 Å². The van der Waals surface area contributed by atoms with E-state index in [2.05, 4.69) is 19.2 Å². The normalized spacial score (nSPS) is 12.5. The monoisotopic (exact) mass is 850 g/mol. The maximum atomic E-state index is 12.4. The van der Waals surface area contributed by atoms with E-state index in [1.807, 2.05) is 0 Å². The van der Waals surface area contributed by atoms with Crippen LogP contribution >= 0.6 is 0 Å². The quantitative estimate of drug-likeness (QED) is 0.0418. The summed E-state index contributed by atoms with van der Waals surface area (Å²) < 4.78 is 5.47. The van der Waals surface area contributed by atoms with E-state index in [0.29, 0.717) is 25.9 Å². The van der Waals surface area contributed by atoms with Gasteiger partial charge in [0.15, 0.2) is 0 Å². The van der Waals surface area contributed by atoms with Gasteiger partial charge in [0.05, 0.1) is 25.4 Å². The Balaban J connectivity index is 3.38. The molecule has 0 radical (unpaired) electrons. The largest absolute Gasteiger partial charge is 0.466 e. The summed E-state index contributed by atoms with van der Waals surface area (Å²) in [5.41, 5.74) is 0. The molecule has 60 heavy (non-hydrogen) atoms. The molecule has 0 heterocycles. The van der Waals surface area contributed by atoms with Crippen LogP contribution < -0.4 is 5.32 Å². The first-order chi connectivity index (χ1) is 29.5. The molecule has 0 aliphatic heterocycles. The minimum absolute atomic E-state index is 0.00820. The molecule has 0 saturated carbocycles. The molecule has 1 amide bonds. The third-order valence-electron chi connectivity index (χ3n) is 12.9. The Morgan fingerprint density at radius 3 is 1.02 bits per heavy atom. The summed E-state index contributed by atoms with van der Waals surface area (Å²) in [5.74, 6) is -0.0310. The minimum Gasteiger partial charge on any atom is -0.466 e. The van der Waals surface area contributed by atoms with E-state index < -0.39 is 12.1 Å². The maximum Gasteiger partial charge on any atom is 0.305 e. The second-order valence-electron chi connectivity index (χ2n) is 18.9. The van der Waals surface area contributed by atoms with Crippen LogP contribution in [0, 0.1) is 0 Å². The number of rotatable bonds is 51. The molecule has 0 fully saturated rings. The zero-order valence-corrected chi connectivity index (χ0v) is 40.7. The molecule has 0 aliphatic carbocycles. The number of esters is 1. The second-order valence-corrected chi connectivity index (χ2v) is 18.9. The van der Waals surface area contributed by atoms with Crippen molar-refractivity contribution in [3.63, 3.8) is 0 Å². The summed E-state index contributed by atoms with van der Waals surface area (Å²) in [6, 6.07) is -0.543. The Morgan fingerprint density at radius 2 is 0.683 bits per heavy atom. The number of carbonyl (C=O) groups is 2. The highest BCUT2D eigenvalue weighted by Crippen LogP contribution is 2.17. The number of unbranched alkanes of at least 4 members (excludes halogenated alkanes) is 40. The highest BCUT2D eigenvalue weighted by atomic mass is 16.5. The molecule has 6 heteroatoms. The third kappa shape index (κ3) is 46.4. The SMILES string of the molecule is CCCCCCCCCCCCCCCCC(=O)OCCCCCCCCCCCCCCCCCCCC(=O)NC(CO)C(O)CCCCCCCCCCCCCC. The second kappa shape index (κ2) is 50.5. The van der Waals surface area contributed by atoms with Gasteiger partial charge in [-0.1, -0.05) is 271 Å². The standard InChI is InChI=1S/C54H107NO5/c1-3-5-7-9-11-13-15-17-24-28-32-36-40-44-48-54(59)60-49-45-41-37-33-29-25-22-20-18-19-21-23-27-31-35-39-43-47-53(58)55-51(50-56)52(57)46-42-38-34-30-26-16-14-12-10-8-6-4-2/h51-52,56-57H,3-50H2,1-2H3,(H,55,58). The predicted octanol–water partition coefficient (Wildman–Crippen LogP) is 16.4. The predicted molar refractivity (Wildman–Crippen MR) is 260 cm³/mol. The number of nitrogens with one attached hydrogen (secondary N) is 1. The van der Waals surface area contributed by atoms with Crippen LogP contribution in [-0.2, 0) is 14.3 Å². The lowest BCUT2D eigenvalue weighted by molar-refractivity contribution is -0.143. The molecule has 0 bridgehead atoms. The molecular formula is C54H107NO5. The summed E-state index contributed by atoms with van der Waals surface area (Å²) in [7, 11) is 0. The Morgan fingerprint density at radius 1 is 0.400 bits per heavy atom. The van der Waals surface area contributed by atoms with Gasteiger partial charge in [-0.15, -0.1) is 0 Å². The first-order valence-corrected chi connectivity index (χ1v) is 27.3. The van der Waals surface area contributed by atoms with Crippen molar-refractivity contribution < 1.29 is 24.5 Å². The fourth-order valence-corrected chi connectivity index (χ4v) is 8.70. The van der Waals surface area contributed by atoms with Crippen LogP contribution in [0.15, 0.2) is 0 Å². The molecule has 0 aliphatic rings. The van der Waals surface area contributed by atoms with E-state index in [1.165, 1.54) is 238 Å². The number of hydrogen-bond donors (Lipinski definition) is 3. The molecule has 358 valence electrons. The zero-order chi connectivity index (χ0) is 43.7. The fraction of sp³-hybridized carbons (Fsp3) is 0.963. The van der Waals surface area contributed by atoms with Crippen LogP contribution in [0.1, 0.15) is 309 Å². The zero-order valence-electron chi connectivity index (χ0n) is 40.7. The minimum atomic E-state index is -0.665. The molecule has 0 aromatic heterocycles. The Kier molecular flexibility index (Phi) is 49.5. The molecular weight excluding hydrogens is 743 g/mol. The van der Waals surface area contributed by atoms with Gasteiger partial charge in [0.25, 0.3) is 0 Å². The first-order valence-electron chi connectivity index (χ1n) is 27.3. The van der Waals surface area contributed by atoms with E-state index in [9.17, 15) is 19.8 Å². The lowest BCUT2D eigenvalue weighted by atomic mass is 10.0. The van der Waals surface area contributed by atoms with Gasteiger partial charge in [-0.25, -0.2) is 0 Å².